The van der Waals surface area contributed by atoms with E-state index in [4.69, 9.17) is 52.1 Å². The van der Waals surface area contributed by atoms with Gasteiger partial charge in [0.15, 0.2) is 42.6 Å². The number of ether oxygens (including phenoxy) is 11. The first-order chi connectivity index (χ1) is 34.2. The minimum Gasteiger partial charge on any atom is -0.507 e. The molecule has 23 heteroatoms. The number of benzene rings is 2. The van der Waals surface area contributed by atoms with E-state index in [0.717, 1.165) is 0 Å². The van der Waals surface area contributed by atoms with Gasteiger partial charge < -0.3 is 93.0 Å². The van der Waals surface area contributed by atoms with Crippen LogP contribution in [-0.4, -0.2) is 194 Å². The third-order valence-electron chi connectivity index (χ3n) is 14.4. The molecule has 4 heterocycles. The highest BCUT2D eigenvalue weighted by Gasteiger charge is 2.52. The highest BCUT2D eigenvalue weighted by Crippen LogP contribution is 2.47. The van der Waals surface area contributed by atoms with Gasteiger partial charge >= 0.3 is 11.9 Å². The molecule has 0 amide bonds. The number of hydrogen-bond acceptors (Lipinski definition) is 23. The number of phenols is 2. The third-order valence-corrected chi connectivity index (χ3v) is 14.4. The Morgan fingerprint density at radius 1 is 0.767 bits per heavy atom. The maximum Gasteiger partial charge on any atom is 0.303 e. The number of fused-ring (bicyclic) bond motifs is 2. The average Bonchev–Trinajstić information content (AvgIpc) is 3.29. The summed E-state index contributed by atoms with van der Waals surface area (Å²) in [5.74, 6) is -5.26. The van der Waals surface area contributed by atoms with Gasteiger partial charge in [-0.25, -0.2) is 0 Å². The number of rotatable bonds is 15. The first-order valence-corrected chi connectivity index (χ1v) is 24.5. The summed E-state index contributed by atoms with van der Waals surface area (Å²) < 4.78 is 65.2. The summed E-state index contributed by atoms with van der Waals surface area (Å²) in [5.41, 5.74) is -1.47. The maximum absolute atomic E-state index is 14.9. The fourth-order valence-electron chi connectivity index (χ4n) is 10.7. The van der Waals surface area contributed by atoms with E-state index in [1.807, 2.05) is 0 Å². The number of hydrogen-bond donors (Lipinski definition) is 8. The van der Waals surface area contributed by atoms with Crippen LogP contribution in [0.2, 0.25) is 0 Å². The molecule has 0 saturated carbocycles. The van der Waals surface area contributed by atoms with Crippen molar-refractivity contribution in [2.24, 2.45) is 5.92 Å². The summed E-state index contributed by atoms with van der Waals surface area (Å²) in [5, 5.41) is 89.2. The van der Waals surface area contributed by atoms with Crippen LogP contribution in [0.15, 0.2) is 12.1 Å². The number of aliphatic hydroxyl groups excluding tert-OH is 5. The molecule has 4 fully saturated rings. The maximum atomic E-state index is 14.9. The lowest BCUT2D eigenvalue weighted by molar-refractivity contribution is -0.334. The van der Waals surface area contributed by atoms with Crippen LogP contribution in [0.1, 0.15) is 103 Å². The SMILES string of the molecule is CO[C@H](C(=O)[C@@H](O)[C@@H](C)O)[C@@H]1Cc2cc3cc(O[C@H]4C[C@@H](O)[C@@H](OC(C)=O)[C@@H](C)O4)c(C)c(O)c3c(O)c2C(=O)[C@H]1O[C@H]1C[C@@H](O[C@H]2C[C@@H](O[C@H]3C[C@](C)(O)[C@@H](OC(C)=O)[C@H](C)O3)[C@H](O)[C@@H](C)O2)[C@H](O)[C@@H](C)O1. The molecule has 0 bridgehead atoms. The van der Waals surface area contributed by atoms with Crippen molar-refractivity contribution in [2.45, 2.75) is 217 Å². The molecule has 8 N–H and O–H groups in total. The monoisotopic (exact) mass is 1040 g/mol. The molecule has 73 heavy (non-hydrogen) atoms. The fraction of sp³-hybridized carbons (Fsp3) is 0.720. The Hall–Kier alpha value is -4.18. The molecule has 4 saturated heterocycles. The second kappa shape index (κ2) is 22.6. The first-order valence-electron chi connectivity index (χ1n) is 24.5. The molecule has 21 atom stereocenters. The van der Waals surface area contributed by atoms with E-state index in [1.165, 1.54) is 60.8 Å². The zero-order valence-electron chi connectivity index (χ0n) is 42.4. The van der Waals surface area contributed by atoms with Crippen LogP contribution < -0.4 is 4.74 Å². The third kappa shape index (κ3) is 11.9. The van der Waals surface area contributed by atoms with Gasteiger partial charge in [-0.3, -0.25) is 19.2 Å². The van der Waals surface area contributed by atoms with Gasteiger partial charge in [0, 0.05) is 58.1 Å². The smallest absolute Gasteiger partial charge is 0.303 e. The predicted octanol–water partition coefficient (Wildman–Crippen LogP) is 1.01. The minimum absolute atomic E-state index is 0.0790. The van der Waals surface area contributed by atoms with Gasteiger partial charge in [0.2, 0.25) is 6.29 Å². The van der Waals surface area contributed by atoms with Gasteiger partial charge in [-0.2, -0.15) is 0 Å². The minimum atomic E-state index is -1.94. The summed E-state index contributed by atoms with van der Waals surface area (Å²) in [6.07, 6.45) is -23.0. The highest BCUT2D eigenvalue weighted by atomic mass is 16.7. The molecule has 4 aliphatic heterocycles. The van der Waals surface area contributed by atoms with Crippen molar-refractivity contribution in [1.82, 2.24) is 0 Å². The number of esters is 2. The molecule has 2 aromatic carbocycles. The van der Waals surface area contributed by atoms with Gasteiger partial charge in [0.1, 0.15) is 53.4 Å². The number of carbonyl (C=O) groups is 4. The number of methoxy groups -OCH3 is 1. The standard InChI is InChI=1S/C50H70O23/c1-18-30(70-33-14-29(54)46(22(5)66-33)68-24(7)52)13-27-11-26-12-28(47(63-10)45(61)40(56)19(2)51)48(44(60)38(26)43(59)37(27)39(18)55)73-35-16-31(41(57)21(4)65-35)71-34-15-32(42(58)20(3)64-34)72-36-17-50(9,62)49(23(6)67-36)69-25(8)53/h11,13,19-23,28-29,31-36,40-42,46-49,51,54-59,62H,12,14-17H2,1-10H3/t19-,20-,21-,22-,23+,28+,29-,31-,32-,33+,34+,35+,36+,40+,41-,42-,46+,47+,48+,49+,50+/m1/s1. The lowest BCUT2D eigenvalue weighted by Gasteiger charge is -2.46. The van der Waals surface area contributed by atoms with Crippen molar-refractivity contribution < 1.29 is 112 Å². The molecule has 5 aliphatic rings. The Kier molecular flexibility index (Phi) is 17.5. The topological polar surface area (TPSA) is 332 Å². The lowest BCUT2D eigenvalue weighted by Crippen LogP contribution is -2.59. The first kappa shape index (κ1) is 56.5. The second-order valence-electron chi connectivity index (χ2n) is 20.2. The van der Waals surface area contributed by atoms with E-state index >= 15 is 0 Å². The van der Waals surface area contributed by atoms with E-state index in [9.17, 15) is 60.0 Å². The van der Waals surface area contributed by atoms with Gasteiger partial charge in [0.05, 0.1) is 59.8 Å². The molecule has 7 rings (SSSR count). The Morgan fingerprint density at radius 3 is 1.88 bits per heavy atom. The molecule has 0 aromatic heterocycles. The van der Waals surface area contributed by atoms with Crippen LogP contribution in [0.4, 0.5) is 0 Å². The fourth-order valence-corrected chi connectivity index (χ4v) is 10.7. The van der Waals surface area contributed by atoms with Gasteiger partial charge in [0.25, 0.3) is 0 Å². The second-order valence-corrected chi connectivity index (χ2v) is 20.2. The number of phenolic OH excluding ortho intramolecular Hbond substituents is 2. The van der Waals surface area contributed by atoms with E-state index in [-0.39, 0.29) is 65.3 Å². The number of carbonyl (C=O) groups excluding carboxylic acids is 4. The van der Waals surface area contributed by atoms with Crippen molar-refractivity contribution >= 4 is 34.3 Å². The molecule has 0 spiro atoms. The van der Waals surface area contributed by atoms with E-state index in [0.29, 0.717) is 0 Å². The molecule has 0 unspecified atom stereocenters. The van der Waals surface area contributed by atoms with Gasteiger partial charge in [-0.1, -0.05) is 0 Å². The van der Waals surface area contributed by atoms with Crippen LogP contribution in [0.25, 0.3) is 10.8 Å². The highest BCUT2D eigenvalue weighted by molar-refractivity contribution is 6.11. The molecule has 1 aliphatic carbocycles. The van der Waals surface area contributed by atoms with E-state index in [2.05, 4.69) is 0 Å². The molecule has 408 valence electrons. The van der Waals surface area contributed by atoms with Gasteiger partial charge in [-0.15, -0.1) is 0 Å². The summed E-state index contributed by atoms with van der Waals surface area (Å²) in [6, 6.07) is 3.00. The number of Topliss-reactive ketones (excluding diaryl/α,β-unsaturated/α-hetero) is 2. The zero-order valence-corrected chi connectivity index (χ0v) is 42.4. The number of aliphatic hydroxyl groups is 6. The Morgan fingerprint density at radius 2 is 1.33 bits per heavy atom. The summed E-state index contributed by atoms with van der Waals surface area (Å²) in [4.78, 5) is 52.1. The number of ketones is 2. The van der Waals surface area contributed by atoms with Crippen LogP contribution in [0.3, 0.4) is 0 Å². The van der Waals surface area contributed by atoms with E-state index < -0.39 is 163 Å². The molecule has 2 aromatic rings. The molecular weight excluding hydrogens is 969 g/mol. The van der Waals surface area contributed by atoms with Crippen LogP contribution in [0, 0.1) is 12.8 Å². The van der Waals surface area contributed by atoms with Crippen molar-refractivity contribution in [3.63, 3.8) is 0 Å². The Bertz CT molecular complexity index is 2330. The summed E-state index contributed by atoms with van der Waals surface area (Å²) in [7, 11) is 1.18. The molecule has 23 nitrogen and oxygen atoms in total. The van der Waals surface area contributed by atoms with Crippen molar-refractivity contribution in [2.75, 3.05) is 7.11 Å². The lowest BCUT2D eigenvalue weighted by atomic mass is 9.75. The van der Waals surface area contributed by atoms with Crippen LogP contribution >= 0.6 is 0 Å². The molecular formula is C50H70O23. The van der Waals surface area contributed by atoms with Crippen molar-refractivity contribution in [3.05, 3.63) is 28.8 Å². The quantitative estimate of drug-likeness (QED) is 0.115. The van der Waals surface area contributed by atoms with Crippen LogP contribution in [-0.2, 0) is 68.2 Å². The van der Waals surface area contributed by atoms with Crippen molar-refractivity contribution in [3.8, 4) is 17.2 Å². The normalized spacial score (nSPS) is 38.2. The number of aromatic hydroxyl groups is 2. The average molecular weight is 1040 g/mol. The Balaban J connectivity index is 1.14. The van der Waals surface area contributed by atoms with E-state index in [1.54, 1.807) is 20.8 Å². The summed E-state index contributed by atoms with van der Waals surface area (Å²) in [6.45, 7) is 13.0. The van der Waals surface area contributed by atoms with Crippen molar-refractivity contribution in [1.29, 1.82) is 0 Å². The van der Waals surface area contributed by atoms with Crippen LogP contribution in [0.5, 0.6) is 17.2 Å². The Labute approximate surface area is 421 Å². The zero-order chi connectivity index (χ0) is 53.7. The van der Waals surface area contributed by atoms with Gasteiger partial charge in [-0.05, 0) is 78.0 Å². The summed E-state index contributed by atoms with van der Waals surface area (Å²) >= 11 is 0. The molecule has 0 radical (unpaired) electrons. The predicted molar refractivity (Wildman–Crippen MR) is 248 cm³/mol. The largest absolute Gasteiger partial charge is 0.507 e.